The summed E-state index contributed by atoms with van der Waals surface area (Å²) in [5.74, 6) is 1.25. The molecule has 0 radical (unpaired) electrons. The Morgan fingerprint density at radius 1 is 1.35 bits per heavy atom. The molecule has 2 rings (SSSR count). The standard InChI is InChI=1S/C13H16BrNO2/c1-17-13(15-16)11-3-2-10(8-11)9-4-6-12(14)7-5-9/h4-7,10-11,16H,2-3,8H2,1H3/b15-13-/t10-,11+/m1/s1. The van der Waals surface area contributed by atoms with E-state index >= 15 is 0 Å². The number of methoxy groups -OCH3 is 1. The Balaban J connectivity index is 2.05. The van der Waals surface area contributed by atoms with E-state index in [1.807, 2.05) is 0 Å². The first-order chi connectivity index (χ1) is 8.24. The molecule has 2 atom stereocenters. The first kappa shape index (κ1) is 12.4. The summed E-state index contributed by atoms with van der Waals surface area (Å²) >= 11 is 3.44. The van der Waals surface area contributed by atoms with Gasteiger partial charge >= 0.3 is 0 Å². The van der Waals surface area contributed by atoms with Crippen LogP contribution in [0.5, 0.6) is 0 Å². The number of benzene rings is 1. The maximum absolute atomic E-state index is 8.84. The molecule has 0 heterocycles. The molecule has 4 heteroatoms. The van der Waals surface area contributed by atoms with E-state index in [1.165, 1.54) is 5.56 Å². The molecule has 92 valence electrons. The minimum Gasteiger partial charge on any atom is -0.482 e. The van der Waals surface area contributed by atoms with Gasteiger partial charge in [0.25, 0.3) is 0 Å². The number of oxime groups is 1. The largest absolute Gasteiger partial charge is 0.482 e. The van der Waals surface area contributed by atoms with Crippen LogP contribution in [0.2, 0.25) is 0 Å². The highest BCUT2D eigenvalue weighted by atomic mass is 79.9. The molecule has 3 nitrogen and oxygen atoms in total. The summed E-state index contributed by atoms with van der Waals surface area (Å²) < 4.78 is 6.18. The zero-order valence-electron chi connectivity index (χ0n) is 9.77. The summed E-state index contributed by atoms with van der Waals surface area (Å²) in [5, 5.41) is 12.1. The lowest BCUT2D eigenvalue weighted by molar-refractivity contribution is 0.270. The van der Waals surface area contributed by atoms with Crippen LogP contribution in [0.1, 0.15) is 30.7 Å². The molecule has 0 aromatic heterocycles. The lowest BCUT2D eigenvalue weighted by atomic mass is 9.96. The van der Waals surface area contributed by atoms with Gasteiger partial charge in [-0.25, -0.2) is 0 Å². The summed E-state index contributed by atoms with van der Waals surface area (Å²) in [6, 6.07) is 8.44. The van der Waals surface area contributed by atoms with Crippen LogP contribution in [-0.2, 0) is 4.74 Å². The van der Waals surface area contributed by atoms with Gasteiger partial charge in [0.1, 0.15) is 0 Å². The molecule has 0 spiro atoms. The Morgan fingerprint density at radius 3 is 2.65 bits per heavy atom. The van der Waals surface area contributed by atoms with E-state index in [9.17, 15) is 0 Å². The molecule has 17 heavy (non-hydrogen) atoms. The van der Waals surface area contributed by atoms with E-state index in [4.69, 9.17) is 9.94 Å². The Bertz CT molecular complexity index is 402. The molecule has 1 saturated carbocycles. The van der Waals surface area contributed by atoms with E-state index in [1.54, 1.807) is 7.11 Å². The smallest absolute Gasteiger partial charge is 0.228 e. The average Bonchev–Trinajstić information content (AvgIpc) is 2.81. The summed E-state index contributed by atoms with van der Waals surface area (Å²) in [5.41, 5.74) is 1.35. The number of halogens is 1. The monoisotopic (exact) mass is 297 g/mol. The summed E-state index contributed by atoms with van der Waals surface area (Å²) in [7, 11) is 1.56. The molecule has 0 saturated heterocycles. The third kappa shape index (κ3) is 2.80. The van der Waals surface area contributed by atoms with Gasteiger partial charge in [0.2, 0.25) is 5.90 Å². The second-order valence-corrected chi connectivity index (χ2v) is 5.32. The van der Waals surface area contributed by atoms with E-state index < -0.39 is 0 Å². The highest BCUT2D eigenvalue weighted by molar-refractivity contribution is 9.10. The average molecular weight is 298 g/mol. The number of hydrogen-bond donors (Lipinski definition) is 1. The lowest BCUT2D eigenvalue weighted by Crippen LogP contribution is -2.13. The van der Waals surface area contributed by atoms with Crippen LogP contribution < -0.4 is 0 Å². The van der Waals surface area contributed by atoms with Gasteiger partial charge in [0.05, 0.1) is 7.11 Å². The molecule has 0 unspecified atom stereocenters. The van der Waals surface area contributed by atoms with Crippen molar-refractivity contribution < 1.29 is 9.94 Å². The molecule has 1 aliphatic carbocycles. The number of rotatable bonds is 2. The van der Waals surface area contributed by atoms with Crippen LogP contribution in [0.3, 0.4) is 0 Å². The second kappa shape index (κ2) is 5.54. The van der Waals surface area contributed by atoms with E-state index in [0.29, 0.717) is 11.8 Å². The molecule has 1 fully saturated rings. The van der Waals surface area contributed by atoms with Gasteiger partial charge in [-0.15, -0.1) is 0 Å². The van der Waals surface area contributed by atoms with E-state index in [-0.39, 0.29) is 5.92 Å². The summed E-state index contributed by atoms with van der Waals surface area (Å²) in [6.45, 7) is 0. The van der Waals surface area contributed by atoms with Crippen molar-refractivity contribution in [2.75, 3.05) is 7.11 Å². The van der Waals surface area contributed by atoms with Crippen molar-refractivity contribution in [3.8, 4) is 0 Å². The second-order valence-electron chi connectivity index (χ2n) is 4.40. The van der Waals surface area contributed by atoms with Crippen LogP contribution in [0.25, 0.3) is 0 Å². The maximum atomic E-state index is 8.84. The molecule has 1 aromatic rings. The van der Waals surface area contributed by atoms with Crippen LogP contribution >= 0.6 is 15.9 Å². The quantitative estimate of drug-likeness (QED) is 0.391. The minimum absolute atomic E-state index is 0.249. The van der Waals surface area contributed by atoms with Crippen molar-refractivity contribution in [1.29, 1.82) is 0 Å². The zero-order valence-corrected chi connectivity index (χ0v) is 11.4. The Hall–Kier alpha value is -1.03. The van der Waals surface area contributed by atoms with Crippen LogP contribution in [-0.4, -0.2) is 18.2 Å². The predicted octanol–water partition coefficient (Wildman–Crippen LogP) is 3.77. The van der Waals surface area contributed by atoms with Crippen molar-refractivity contribution in [3.05, 3.63) is 34.3 Å². The van der Waals surface area contributed by atoms with Crippen LogP contribution in [0.4, 0.5) is 0 Å². The van der Waals surface area contributed by atoms with Crippen molar-refractivity contribution >= 4 is 21.8 Å². The van der Waals surface area contributed by atoms with Crippen molar-refractivity contribution in [1.82, 2.24) is 0 Å². The first-order valence-corrected chi connectivity index (χ1v) is 6.55. The molecule has 0 bridgehead atoms. The van der Waals surface area contributed by atoms with Gasteiger partial charge in [-0.2, -0.15) is 0 Å². The SMILES string of the molecule is CO/C(=N\O)[C@H]1CC[C@@H](c2ccc(Br)cc2)C1. The molecular formula is C13H16BrNO2. The van der Waals surface area contributed by atoms with Gasteiger partial charge < -0.3 is 9.94 Å². The van der Waals surface area contributed by atoms with E-state index in [2.05, 4.69) is 45.4 Å². The van der Waals surface area contributed by atoms with E-state index in [0.717, 1.165) is 23.7 Å². The zero-order chi connectivity index (χ0) is 12.3. The minimum atomic E-state index is 0.249. The first-order valence-electron chi connectivity index (χ1n) is 5.76. The molecule has 0 aliphatic heterocycles. The molecular weight excluding hydrogens is 282 g/mol. The fourth-order valence-corrected chi connectivity index (χ4v) is 2.80. The Kier molecular flexibility index (Phi) is 4.05. The molecule has 1 N–H and O–H groups in total. The third-order valence-corrected chi connectivity index (χ3v) is 3.96. The van der Waals surface area contributed by atoms with Gasteiger partial charge in [0, 0.05) is 10.4 Å². The molecule has 1 aliphatic rings. The molecule has 0 amide bonds. The van der Waals surface area contributed by atoms with Crippen molar-refractivity contribution in [3.63, 3.8) is 0 Å². The summed E-state index contributed by atoms with van der Waals surface area (Å²) in [6.07, 6.45) is 3.14. The van der Waals surface area contributed by atoms with Gasteiger partial charge in [-0.1, -0.05) is 33.2 Å². The summed E-state index contributed by atoms with van der Waals surface area (Å²) in [4.78, 5) is 0. The van der Waals surface area contributed by atoms with Crippen LogP contribution in [0.15, 0.2) is 33.9 Å². The Morgan fingerprint density at radius 2 is 2.06 bits per heavy atom. The predicted molar refractivity (Wildman–Crippen MR) is 70.5 cm³/mol. The Labute approximate surface area is 110 Å². The normalized spacial score (nSPS) is 24.9. The lowest BCUT2D eigenvalue weighted by Gasteiger charge is -2.12. The fourth-order valence-electron chi connectivity index (χ4n) is 2.53. The topological polar surface area (TPSA) is 41.8 Å². The van der Waals surface area contributed by atoms with Crippen LogP contribution in [0, 0.1) is 5.92 Å². The fraction of sp³-hybridized carbons (Fsp3) is 0.462. The highest BCUT2D eigenvalue weighted by Crippen LogP contribution is 2.39. The van der Waals surface area contributed by atoms with Crippen molar-refractivity contribution in [2.45, 2.75) is 25.2 Å². The van der Waals surface area contributed by atoms with Crippen molar-refractivity contribution in [2.24, 2.45) is 11.1 Å². The molecule has 1 aromatic carbocycles. The number of ether oxygens (including phenoxy) is 1. The third-order valence-electron chi connectivity index (χ3n) is 3.43. The maximum Gasteiger partial charge on any atom is 0.228 e. The highest BCUT2D eigenvalue weighted by Gasteiger charge is 2.30. The van der Waals surface area contributed by atoms with Gasteiger partial charge in [-0.3, -0.25) is 0 Å². The number of hydrogen-bond acceptors (Lipinski definition) is 3. The van der Waals surface area contributed by atoms with Gasteiger partial charge in [0.15, 0.2) is 0 Å². The number of nitrogens with zero attached hydrogens (tertiary/aromatic N) is 1. The van der Waals surface area contributed by atoms with Gasteiger partial charge in [-0.05, 0) is 42.9 Å².